The number of amides is 1. The van der Waals surface area contributed by atoms with Gasteiger partial charge in [-0.3, -0.25) is 4.79 Å². The lowest BCUT2D eigenvalue weighted by Gasteiger charge is -2.28. The lowest BCUT2D eigenvalue weighted by molar-refractivity contribution is -0.163. The Morgan fingerprint density at radius 3 is 2.40 bits per heavy atom. The largest absolute Gasteiger partial charge is 0.406 e. The van der Waals surface area contributed by atoms with Gasteiger partial charge in [0.25, 0.3) is 0 Å². The number of hydrogen-bond acceptors (Lipinski definition) is 3. The molecule has 0 aromatic rings. The molecule has 0 aliphatic rings. The SMILES string of the molecule is CCOCCCN(CC(F)(F)F)C(=O)C(N)C(C)CC. The maximum absolute atomic E-state index is 12.5. The Kier molecular flexibility index (Phi) is 8.80. The molecule has 0 rings (SSSR count). The highest BCUT2D eigenvalue weighted by Crippen LogP contribution is 2.18. The normalized spacial score (nSPS) is 14.9. The topological polar surface area (TPSA) is 55.6 Å². The predicted octanol–water partition coefficient (Wildman–Crippen LogP) is 2.18. The number of alkyl halides is 3. The summed E-state index contributed by atoms with van der Waals surface area (Å²) >= 11 is 0. The van der Waals surface area contributed by atoms with Crippen molar-refractivity contribution in [1.29, 1.82) is 0 Å². The molecule has 0 heterocycles. The summed E-state index contributed by atoms with van der Waals surface area (Å²) < 4.78 is 42.6. The molecule has 0 saturated heterocycles. The minimum atomic E-state index is -4.42. The van der Waals surface area contributed by atoms with Crippen molar-refractivity contribution < 1.29 is 22.7 Å². The monoisotopic (exact) mass is 298 g/mol. The molecule has 2 N–H and O–H groups in total. The van der Waals surface area contributed by atoms with Crippen LogP contribution in [0.4, 0.5) is 13.2 Å². The van der Waals surface area contributed by atoms with E-state index in [0.29, 0.717) is 26.1 Å². The molecular formula is C13H25F3N2O2. The van der Waals surface area contributed by atoms with Crippen molar-refractivity contribution in [3.63, 3.8) is 0 Å². The first kappa shape index (κ1) is 19.2. The van der Waals surface area contributed by atoms with Crippen molar-refractivity contribution in [2.24, 2.45) is 11.7 Å². The Morgan fingerprint density at radius 1 is 1.35 bits per heavy atom. The zero-order chi connectivity index (χ0) is 15.8. The molecular weight excluding hydrogens is 273 g/mol. The summed E-state index contributed by atoms with van der Waals surface area (Å²) in [5, 5.41) is 0. The van der Waals surface area contributed by atoms with Crippen LogP contribution in [0.5, 0.6) is 0 Å². The van der Waals surface area contributed by atoms with Crippen LogP contribution in [-0.2, 0) is 9.53 Å². The fourth-order valence-corrected chi connectivity index (χ4v) is 1.69. The first-order valence-electron chi connectivity index (χ1n) is 6.91. The van der Waals surface area contributed by atoms with E-state index in [1.807, 2.05) is 6.92 Å². The average molecular weight is 298 g/mol. The third kappa shape index (κ3) is 7.69. The number of rotatable bonds is 9. The van der Waals surface area contributed by atoms with E-state index in [-0.39, 0.29) is 12.5 Å². The second-order valence-electron chi connectivity index (χ2n) is 4.84. The van der Waals surface area contributed by atoms with Gasteiger partial charge >= 0.3 is 6.18 Å². The van der Waals surface area contributed by atoms with Gasteiger partial charge in [-0.15, -0.1) is 0 Å². The maximum Gasteiger partial charge on any atom is 0.406 e. The summed E-state index contributed by atoms with van der Waals surface area (Å²) in [6.07, 6.45) is -3.41. The van der Waals surface area contributed by atoms with E-state index in [9.17, 15) is 18.0 Å². The molecule has 0 bridgehead atoms. The quantitative estimate of drug-likeness (QED) is 0.664. The molecule has 2 atom stereocenters. The van der Waals surface area contributed by atoms with Crippen molar-refractivity contribution in [1.82, 2.24) is 4.90 Å². The van der Waals surface area contributed by atoms with Crippen LogP contribution >= 0.6 is 0 Å². The van der Waals surface area contributed by atoms with E-state index in [1.54, 1.807) is 13.8 Å². The molecule has 0 radical (unpaired) electrons. The van der Waals surface area contributed by atoms with Crippen molar-refractivity contribution in [2.45, 2.75) is 45.8 Å². The van der Waals surface area contributed by atoms with Crippen LogP contribution in [0, 0.1) is 5.92 Å². The second-order valence-corrected chi connectivity index (χ2v) is 4.84. The van der Waals surface area contributed by atoms with E-state index in [4.69, 9.17) is 10.5 Å². The van der Waals surface area contributed by atoms with Gasteiger partial charge in [0, 0.05) is 19.8 Å². The van der Waals surface area contributed by atoms with E-state index >= 15 is 0 Å². The van der Waals surface area contributed by atoms with Gasteiger partial charge in [-0.05, 0) is 19.3 Å². The van der Waals surface area contributed by atoms with Crippen molar-refractivity contribution >= 4 is 5.91 Å². The summed E-state index contributed by atoms with van der Waals surface area (Å²) in [6.45, 7) is 4.98. The zero-order valence-corrected chi connectivity index (χ0v) is 12.4. The van der Waals surface area contributed by atoms with Crippen molar-refractivity contribution in [2.75, 3.05) is 26.3 Å². The lowest BCUT2D eigenvalue weighted by Crippen LogP contribution is -2.50. The molecule has 0 aromatic carbocycles. The highest BCUT2D eigenvalue weighted by molar-refractivity contribution is 5.82. The van der Waals surface area contributed by atoms with Crippen LogP contribution in [0.25, 0.3) is 0 Å². The Hall–Kier alpha value is -0.820. The standard InChI is InChI=1S/C13H25F3N2O2/c1-4-10(3)11(17)12(19)18(9-13(14,15)16)7-6-8-20-5-2/h10-11H,4-9,17H2,1-3H3. The van der Waals surface area contributed by atoms with Gasteiger partial charge in [0.1, 0.15) is 6.54 Å². The van der Waals surface area contributed by atoms with Gasteiger partial charge in [0.2, 0.25) is 5.91 Å². The third-order valence-electron chi connectivity index (χ3n) is 3.14. The molecule has 0 aliphatic heterocycles. The number of hydrogen-bond donors (Lipinski definition) is 1. The summed E-state index contributed by atoms with van der Waals surface area (Å²) in [4.78, 5) is 12.8. The van der Waals surface area contributed by atoms with Gasteiger partial charge in [-0.25, -0.2) is 0 Å². The number of carbonyl (C=O) groups is 1. The number of nitrogens with zero attached hydrogens (tertiary/aromatic N) is 1. The molecule has 0 fully saturated rings. The van der Waals surface area contributed by atoms with Gasteiger partial charge in [-0.2, -0.15) is 13.2 Å². The molecule has 0 saturated carbocycles. The molecule has 0 aliphatic carbocycles. The van der Waals surface area contributed by atoms with E-state index in [1.165, 1.54) is 0 Å². The molecule has 2 unspecified atom stereocenters. The van der Waals surface area contributed by atoms with Crippen molar-refractivity contribution in [3.05, 3.63) is 0 Å². The zero-order valence-electron chi connectivity index (χ0n) is 12.4. The third-order valence-corrected chi connectivity index (χ3v) is 3.14. The Balaban J connectivity index is 4.61. The van der Waals surface area contributed by atoms with E-state index < -0.39 is 24.7 Å². The van der Waals surface area contributed by atoms with Crippen LogP contribution < -0.4 is 5.73 Å². The van der Waals surface area contributed by atoms with E-state index in [2.05, 4.69) is 0 Å². The smallest absolute Gasteiger partial charge is 0.382 e. The molecule has 4 nitrogen and oxygen atoms in total. The molecule has 0 spiro atoms. The first-order valence-corrected chi connectivity index (χ1v) is 6.91. The van der Waals surface area contributed by atoms with Gasteiger partial charge < -0.3 is 15.4 Å². The molecule has 1 amide bonds. The Labute approximate surface area is 118 Å². The maximum atomic E-state index is 12.5. The molecule has 120 valence electrons. The number of carbonyl (C=O) groups excluding carboxylic acids is 1. The summed E-state index contributed by atoms with van der Waals surface area (Å²) in [5.41, 5.74) is 5.73. The summed E-state index contributed by atoms with van der Waals surface area (Å²) in [7, 11) is 0. The van der Waals surface area contributed by atoms with E-state index in [0.717, 1.165) is 4.90 Å². The van der Waals surface area contributed by atoms with Crippen LogP contribution in [0.3, 0.4) is 0 Å². The predicted molar refractivity (Wildman–Crippen MR) is 71.2 cm³/mol. The summed E-state index contributed by atoms with van der Waals surface area (Å²) in [6, 6.07) is -0.894. The second kappa shape index (κ2) is 9.18. The molecule has 7 heteroatoms. The Morgan fingerprint density at radius 2 is 1.95 bits per heavy atom. The van der Waals surface area contributed by atoms with Gasteiger partial charge in [-0.1, -0.05) is 20.3 Å². The van der Waals surface area contributed by atoms with Crippen LogP contribution in [0.2, 0.25) is 0 Å². The highest BCUT2D eigenvalue weighted by Gasteiger charge is 2.35. The fourth-order valence-electron chi connectivity index (χ4n) is 1.69. The van der Waals surface area contributed by atoms with Gasteiger partial charge in [0.05, 0.1) is 6.04 Å². The first-order chi connectivity index (χ1) is 9.22. The summed E-state index contributed by atoms with van der Waals surface area (Å²) in [5.74, 6) is -0.793. The Bertz CT molecular complexity index is 285. The molecule has 20 heavy (non-hydrogen) atoms. The minimum Gasteiger partial charge on any atom is -0.382 e. The molecule has 0 aromatic heterocycles. The van der Waals surface area contributed by atoms with Crippen molar-refractivity contribution in [3.8, 4) is 0 Å². The lowest BCUT2D eigenvalue weighted by atomic mass is 9.99. The average Bonchev–Trinajstić information content (AvgIpc) is 2.38. The highest BCUT2D eigenvalue weighted by atomic mass is 19.4. The van der Waals surface area contributed by atoms with Gasteiger partial charge in [0.15, 0.2) is 0 Å². The minimum absolute atomic E-state index is 0.00246. The van der Waals surface area contributed by atoms with Crippen LogP contribution in [-0.4, -0.2) is 49.3 Å². The van der Waals surface area contributed by atoms with Crippen LogP contribution in [0.15, 0.2) is 0 Å². The number of halogens is 3. The fraction of sp³-hybridized carbons (Fsp3) is 0.923. The number of nitrogens with two attached hydrogens (primary N) is 1. The van der Waals surface area contributed by atoms with Crippen LogP contribution in [0.1, 0.15) is 33.6 Å². The number of ether oxygens (including phenoxy) is 1.